The second-order valence-electron chi connectivity index (χ2n) is 6.86. The Morgan fingerprint density at radius 3 is 2.48 bits per heavy atom. The van der Waals surface area contributed by atoms with Crippen molar-refractivity contribution in [3.8, 4) is 0 Å². The molecule has 0 aromatic heterocycles. The van der Waals surface area contributed by atoms with Gasteiger partial charge >= 0.3 is 12.0 Å². The predicted molar refractivity (Wildman–Crippen MR) is 105 cm³/mol. The third-order valence-electron chi connectivity index (χ3n) is 4.85. The van der Waals surface area contributed by atoms with E-state index in [0.29, 0.717) is 19.0 Å². The van der Waals surface area contributed by atoms with Crippen LogP contribution in [0.2, 0.25) is 0 Å². The van der Waals surface area contributed by atoms with E-state index in [1.807, 2.05) is 18.2 Å². The average Bonchev–Trinajstić information content (AvgIpc) is 2.72. The quantitative estimate of drug-likeness (QED) is 0.733. The molecule has 0 aliphatic carbocycles. The number of rotatable bonds is 6. The van der Waals surface area contributed by atoms with Gasteiger partial charge < -0.3 is 20.6 Å². The summed E-state index contributed by atoms with van der Waals surface area (Å²) >= 11 is 0. The zero-order valence-electron chi connectivity index (χ0n) is 15.2. The number of nitrogens with one attached hydrogen (secondary N) is 2. The van der Waals surface area contributed by atoms with Gasteiger partial charge in [0.15, 0.2) is 0 Å². The number of hydrogen-bond acceptors (Lipinski definition) is 3. The van der Waals surface area contributed by atoms with Crippen molar-refractivity contribution in [1.82, 2.24) is 10.6 Å². The van der Waals surface area contributed by atoms with Crippen LogP contribution in [0.25, 0.3) is 0 Å². The van der Waals surface area contributed by atoms with E-state index in [-0.39, 0.29) is 11.6 Å². The van der Waals surface area contributed by atoms with Crippen molar-refractivity contribution in [2.45, 2.75) is 19.4 Å². The smallest absolute Gasteiger partial charge is 0.335 e. The van der Waals surface area contributed by atoms with Crippen molar-refractivity contribution in [3.05, 3.63) is 65.7 Å². The van der Waals surface area contributed by atoms with Gasteiger partial charge in [-0.3, -0.25) is 0 Å². The van der Waals surface area contributed by atoms with Crippen LogP contribution in [-0.4, -0.2) is 36.7 Å². The number of carbonyl (C=O) groups is 2. The predicted octanol–water partition coefficient (Wildman–Crippen LogP) is 3.10. The first-order valence-electron chi connectivity index (χ1n) is 9.26. The summed E-state index contributed by atoms with van der Waals surface area (Å²) in [5.41, 5.74) is 2.34. The van der Waals surface area contributed by atoms with Crippen molar-refractivity contribution in [1.29, 1.82) is 0 Å². The van der Waals surface area contributed by atoms with E-state index in [4.69, 9.17) is 5.11 Å². The molecule has 2 amide bonds. The summed E-state index contributed by atoms with van der Waals surface area (Å²) in [5, 5.41) is 14.7. The SMILES string of the molecule is O=C(NCc1ccc(C(=O)O)cc1)NCC1CCCN(c2ccccc2)C1. The number of carboxylic acid groups (broad SMARTS) is 1. The van der Waals surface area contributed by atoms with Crippen molar-refractivity contribution < 1.29 is 14.7 Å². The van der Waals surface area contributed by atoms with Crippen LogP contribution in [0, 0.1) is 5.92 Å². The molecule has 142 valence electrons. The molecule has 3 rings (SSSR count). The summed E-state index contributed by atoms with van der Waals surface area (Å²) in [4.78, 5) is 25.3. The lowest BCUT2D eigenvalue weighted by Gasteiger charge is -2.34. The molecule has 0 radical (unpaired) electrons. The molecular weight excluding hydrogens is 342 g/mol. The Bertz CT molecular complexity index is 762. The first-order chi connectivity index (χ1) is 13.1. The van der Waals surface area contributed by atoms with Crippen LogP contribution in [0.1, 0.15) is 28.8 Å². The Morgan fingerprint density at radius 1 is 1.04 bits per heavy atom. The van der Waals surface area contributed by atoms with Crippen LogP contribution >= 0.6 is 0 Å². The molecule has 1 atom stereocenters. The van der Waals surface area contributed by atoms with E-state index in [1.54, 1.807) is 12.1 Å². The van der Waals surface area contributed by atoms with Crippen LogP contribution < -0.4 is 15.5 Å². The number of urea groups is 1. The second-order valence-corrected chi connectivity index (χ2v) is 6.86. The van der Waals surface area contributed by atoms with E-state index in [9.17, 15) is 9.59 Å². The highest BCUT2D eigenvalue weighted by Crippen LogP contribution is 2.22. The maximum absolute atomic E-state index is 12.1. The zero-order valence-corrected chi connectivity index (χ0v) is 15.2. The van der Waals surface area contributed by atoms with Gasteiger partial charge in [0, 0.05) is 31.9 Å². The second kappa shape index (κ2) is 9.07. The van der Waals surface area contributed by atoms with Gasteiger partial charge in [-0.25, -0.2) is 9.59 Å². The summed E-state index contributed by atoms with van der Waals surface area (Å²) in [6.45, 7) is 3.01. The van der Waals surface area contributed by atoms with Gasteiger partial charge in [-0.15, -0.1) is 0 Å². The Balaban J connectivity index is 1.41. The Kier molecular flexibility index (Phi) is 6.30. The fourth-order valence-corrected chi connectivity index (χ4v) is 3.35. The van der Waals surface area contributed by atoms with Crippen molar-refractivity contribution in [2.24, 2.45) is 5.92 Å². The van der Waals surface area contributed by atoms with E-state index in [0.717, 1.165) is 31.5 Å². The Labute approximate surface area is 159 Å². The number of carboxylic acids is 1. The van der Waals surface area contributed by atoms with Gasteiger partial charge in [-0.2, -0.15) is 0 Å². The minimum atomic E-state index is -0.954. The summed E-state index contributed by atoms with van der Waals surface area (Å²) in [5.74, 6) is -0.524. The molecule has 1 saturated heterocycles. The summed E-state index contributed by atoms with van der Waals surface area (Å²) in [6.07, 6.45) is 2.24. The summed E-state index contributed by atoms with van der Waals surface area (Å²) < 4.78 is 0. The first kappa shape index (κ1) is 18.8. The molecule has 1 aliphatic rings. The highest BCUT2D eigenvalue weighted by Gasteiger charge is 2.20. The van der Waals surface area contributed by atoms with Crippen molar-refractivity contribution >= 4 is 17.7 Å². The van der Waals surface area contributed by atoms with Gasteiger partial charge in [0.05, 0.1) is 5.56 Å². The largest absolute Gasteiger partial charge is 0.478 e. The first-order valence-corrected chi connectivity index (χ1v) is 9.26. The third kappa shape index (κ3) is 5.48. The van der Waals surface area contributed by atoms with E-state index < -0.39 is 5.97 Å². The summed E-state index contributed by atoms with van der Waals surface area (Å²) in [7, 11) is 0. The standard InChI is InChI=1S/C21H25N3O3/c25-20(26)18-10-8-16(9-11-18)13-22-21(27)23-14-17-5-4-12-24(15-17)19-6-2-1-3-7-19/h1-3,6-11,17H,4-5,12-15H2,(H,25,26)(H2,22,23,27). The number of piperidine rings is 1. The molecule has 1 heterocycles. The molecule has 1 unspecified atom stereocenters. The monoisotopic (exact) mass is 367 g/mol. The van der Waals surface area contributed by atoms with Crippen LogP contribution in [0.15, 0.2) is 54.6 Å². The highest BCUT2D eigenvalue weighted by molar-refractivity contribution is 5.87. The normalized spacial score (nSPS) is 16.6. The Morgan fingerprint density at radius 2 is 1.78 bits per heavy atom. The molecule has 2 aromatic rings. The maximum atomic E-state index is 12.1. The van der Waals surface area contributed by atoms with Crippen LogP contribution in [0.4, 0.5) is 10.5 Å². The number of benzene rings is 2. The lowest BCUT2D eigenvalue weighted by atomic mass is 9.97. The van der Waals surface area contributed by atoms with Crippen molar-refractivity contribution in [2.75, 3.05) is 24.5 Å². The number of amides is 2. The molecule has 1 aliphatic heterocycles. The molecular formula is C21H25N3O3. The van der Waals surface area contributed by atoms with Gasteiger partial charge in [-0.05, 0) is 48.6 Å². The number of carbonyl (C=O) groups excluding carboxylic acids is 1. The van der Waals surface area contributed by atoms with Gasteiger partial charge in [-0.1, -0.05) is 30.3 Å². The molecule has 6 nitrogen and oxygen atoms in total. The molecule has 6 heteroatoms. The fourth-order valence-electron chi connectivity index (χ4n) is 3.35. The van der Waals surface area contributed by atoms with E-state index in [1.165, 1.54) is 17.8 Å². The van der Waals surface area contributed by atoms with Gasteiger partial charge in [0.2, 0.25) is 0 Å². The minimum absolute atomic E-state index is 0.200. The highest BCUT2D eigenvalue weighted by atomic mass is 16.4. The lowest BCUT2D eigenvalue weighted by molar-refractivity contribution is 0.0697. The van der Waals surface area contributed by atoms with Crippen LogP contribution in [0.5, 0.6) is 0 Å². The number of aromatic carboxylic acids is 1. The molecule has 3 N–H and O–H groups in total. The number of hydrogen-bond donors (Lipinski definition) is 3. The summed E-state index contributed by atoms with van der Waals surface area (Å²) in [6, 6.07) is 16.7. The number of anilines is 1. The van der Waals surface area contributed by atoms with Crippen LogP contribution in [0.3, 0.4) is 0 Å². The molecule has 27 heavy (non-hydrogen) atoms. The molecule has 0 spiro atoms. The van der Waals surface area contributed by atoms with Crippen molar-refractivity contribution in [3.63, 3.8) is 0 Å². The van der Waals surface area contributed by atoms with Crippen LogP contribution in [-0.2, 0) is 6.54 Å². The van der Waals surface area contributed by atoms with E-state index >= 15 is 0 Å². The topological polar surface area (TPSA) is 81.7 Å². The van der Waals surface area contributed by atoms with E-state index in [2.05, 4.69) is 27.7 Å². The fraction of sp³-hybridized carbons (Fsp3) is 0.333. The average molecular weight is 367 g/mol. The molecule has 0 bridgehead atoms. The Hall–Kier alpha value is -3.02. The number of para-hydroxylation sites is 1. The molecule has 0 saturated carbocycles. The van der Waals surface area contributed by atoms with Gasteiger partial charge in [0.1, 0.15) is 0 Å². The maximum Gasteiger partial charge on any atom is 0.335 e. The number of nitrogens with zero attached hydrogens (tertiary/aromatic N) is 1. The molecule has 1 fully saturated rings. The zero-order chi connectivity index (χ0) is 19.1. The minimum Gasteiger partial charge on any atom is -0.478 e. The third-order valence-corrected chi connectivity index (χ3v) is 4.85. The molecule has 2 aromatic carbocycles. The lowest BCUT2D eigenvalue weighted by Crippen LogP contribution is -2.43. The van der Waals surface area contributed by atoms with Gasteiger partial charge in [0.25, 0.3) is 0 Å².